The van der Waals surface area contributed by atoms with Gasteiger partial charge in [0.25, 0.3) is 0 Å². The van der Waals surface area contributed by atoms with E-state index in [2.05, 4.69) is 10.3 Å². The predicted octanol–water partition coefficient (Wildman–Crippen LogP) is 1.59. The first-order valence-corrected chi connectivity index (χ1v) is 6.37. The van der Waals surface area contributed by atoms with Crippen LogP contribution in [-0.2, 0) is 16.1 Å². The van der Waals surface area contributed by atoms with Gasteiger partial charge in [-0.25, -0.2) is 4.98 Å². The highest BCUT2D eigenvalue weighted by molar-refractivity contribution is 7.13. The molecule has 1 N–H and O–H groups in total. The fourth-order valence-corrected chi connectivity index (χ4v) is 3.04. The highest BCUT2D eigenvalue weighted by Gasteiger charge is 2.29. The van der Waals surface area contributed by atoms with Gasteiger partial charge >= 0.3 is 0 Å². The van der Waals surface area contributed by atoms with E-state index in [0.29, 0.717) is 13.2 Å². The van der Waals surface area contributed by atoms with Gasteiger partial charge in [0.2, 0.25) is 5.91 Å². The first-order chi connectivity index (χ1) is 8.28. The zero-order valence-electron chi connectivity index (χ0n) is 9.40. The number of amides is 1. The van der Waals surface area contributed by atoms with E-state index in [0.717, 1.165) is 21.2 Å². The van der Waals surface area contributed by atoms with Gasteiger partial charge in [-0.3, -0.25) is 4.79 Å². The van der Waals surface area contributed by atoms with E-state index in [-0.39, 0.29) is 11.9 Å². The molecule has 5 heteroatoms. The molecular weight excluding hydrogens is 236 g/mol. The largest absolute Gasteiger partial charge is 0.375 e. The summed E-state index contributed by atoms with van der Waals surface area (Å²) < 4.78 is 5.35. The third-order valence-corrected chi connectivity index (χ3v) is 3.85. The minimum atomic E-state index is -0.0257. The first-order valence-electron chi connectivity index (χ1n) is 5.56. The molecule has 0 saturated carbocycles. The van der Waals surface area contributed by atoms with Crippen molar-refractivity contribution in [2.45, 2.75) is 19.6 Å². The van der Waals surface area contributed by atoms with Crippen molar-refractivity contribution in [3.05, 3.63) is 27.7 Å². The molecule has 1 aliphatic heterocycles. The fourth-order valence-electron chi connectivity index (χ4n) is 2.00. The SMILES string of the molecule is CCOCc1nc2c(s1)C1=CC(=O)NC1C=C2. The van der Waals surface area contributed by atoms with E-state index in [9.17, 15) is 4.79 Å². The molecule has 1 aromatic heterocycles. The second-order valence-electron chi connectivity index (χ2n) is 3.90. The number of nitrogens with one attached hydrogen (secondary N) is 1. The molecule has 0 fully saturated rings. The van der Waals surface area contributed by atoms with Crippen molar-refractivity contribution in [2.75, 3.05) is 6.61 Å². The zero-order valence-corrected chi connectivity index (χ0v) is 10.2. The lowest BCUT2D eigenvalue weighted by Crippen LogP contribution is -2.26. The Bertz CT molecular complexity index is 531. The van der Waals surface area contributed by atoms with Crippen LogP contribution in [0, 0.1) is 0 Å². The molecule has 1 atom stereocenters. The summed E-state index contributed by atoms with van der Waals surface area (Å²) in [5.74, 6) is -0.0257. The lowest BCUT2D eigenvalue weighted by molar-refractivity contribution is -0.116. The molecular formula is C12H12N2O2S. The Morgan fingerprint density at radius 1 is 1.59 bits per heavy atom. The Labute approximate surface area is 103 Å². The number of fused-ring (bicyclic) bond motifs is 3. The number of nitrogens with zero attached hydrogens (tertiary/aromatic N) is 1. The van der Waals surface area contributed by atoms with Crippen molar-refractivity contribution in [3.8, 4) is 0 Å². The van der Waals surface area contributed by atoms with Gasteiger partial charge in [-0.05, 0) is 13.0 Å². The molecule has 88 valence electrons. The fraction of sp³-hybridized carbons (Fsp3) is 0.333. The Hall–Kier alpha value is -1.46. The van der Waals surface area contributed by atoms with Crippen LogP contribution in [0.15, 0.2) is 12.2 Å². The number of hydrogen-bond acceptors (Lipinski definition) is 4. The highest BCUT2D eigenvalue weighted by atomic mass is 32.1. The van der Waals surface area contributed by atoms with Crippen LogP contribution < -0.4 is 5.32 Å². The van der Waals surface area contributed by atoms with Gasteiger partial charge in [-0.15, -0.1) is 11.3 Å². The van der Waals surface area contributed by atoms with Crippen molar-refractivity contribution in [2.24, 2.45) is 0 Å². The molecule has 1 aliphatic carbocycles. The maximum Gasteiger partial charge on any atom is 0.245 e. The molecule has 1 unspecified atom stereocenters. The summed E-state index contributed by atoms with van der Waals surface area (Å²) >= 11 is 1.61. The van der Waals surface area contributed by atoms with E-state index in [1.165, 1.54) is 0 Å². The summed E-state index contributed by atoms with van der Waals surface area (Å²) in [6, 6.07) is 0.0235. The van der Waals surface area contributed by atoms with Crippen molar-refractivity contribution in [1.82, 2.24) is 10.3 Å². The number of aromatic nitrogens is 1. The van der Waals surface area contributed by atoms with Crippen LogP contribution in [0.25, 0.3) is 11.6 Å². The zero-order chi connectivity index (χ0) is 11.8. The number of hydrogen-bond donors (Lipinski definition) is 1. The monoisotopic (exact) mass is 248 g/mol. The maximum atomic E-state index is 11.3. The molecule has 3 rings (SSSR count). The number of carbonyl (C=O) groups is 1. The molecule has 1 aromatic rings. The van der Waals surface area contributed by atoms with Crippen molar-refractivity contribution in [1.29, 1.82) is 0 Å². The van der Waals surface area contributed by atoms with Crippen LogP contribution in [-0.4, -0.2) is 23.5 Å². The van der Waals surface area contributed by atoms with E-state index < -0.39 is 0 Å². The predicted molar refractivity (Wildman–Crippen MR) is 66.4 cm³/mol. The second-order valence-corrected chi connectivity index (χ2v) is 4.99. The summed E-state index contributed by atoms with van der Waals surface area (Å²) in [4.78, 5) is 16.9. The summed E-state index contributed by atoms with van der Waals surface area (Å²) in [6.07, 6.45) is 5.60. The van der Waals surface area contributed by atoms with E-state index >= 15 is 0 Å². The van der Waals surface area contributed by atoms with Crippen LogP contribution in [0.3, 0.4) is 0 Å². The smallest absolute Gasteiger partial charge is 0.245 e. The maximum absolute atomic E-state index is 11.3. The average molecular weight is 248 g/mol. The number of rotatable bonds is 3. The van der Waals surface area contributed by atoms with Gasteiger partial charge in [-0.1, -0.05) is 6.08 Å². The molecule has 2 aliphatic rings. The summed E-state index contributed by atoms with van der Waals surface area (Å²) in [5.41, 5.74) is 1.98. The summed E-state index contributed by atoms with van der Waals surface area (Å²) in [6.45, 7) is 3.19. The van der Waals surface area contributed by atoms with Crippen molar-refractivity contribution < 1.29 is 9.53 Å². The van der Waals surface area contributed by atoms with Crippen molar-refractivity contribution in [3.63, 3.8) is 0 Å². The third-order valence-electron chi connectivity index (χ3n) is 2.76. The lowest BCUT2D eigenvalue weighted by atomic mass is 10.0. The quantitative estimate of drug-likeness (QED) is 0.883. The molecule has 0 bridgehead atoms. The molecule has 0 aromatic carbocycles. The van der Waals surface area contributed by atoms with Crippen LogP contribution in [0.4, 0.5) is 0 Å². The Morgan fingerprint density at radius 3 is 3.29 bits per heavy atom. The van der Waals surface area contributed by atoms with Gasteiger partial charge in [0.15, 0.2) is 0 Å². The van der Waals surface area contributed by atoms with Gasteiger partial charge < -0.3 is 10.1 Å². The van der Waals surface area contributed by atoms with E-state index in [1.807, 2.05) is 19.1 Å². The minimum absolute atomic E-state index is 0.0235. The molecule has 17 heavy (non-hydrogen) atoms. The van der Waals surface area contributed by atoms with Crippen LogP contribution in [0.1, 0.15) is 22.5 Å². The van der Waals surface area contributed by atoms with E-state index in [4.69, 9.17) is 4.74 Å². The lowest BCUT2D eigenvalue weighted by Gasteiger charge is -2.13. The second kappa shape index (κ2) is 4.09. The minimum Gasteiger partial charge on any atom is -0.375 e. The van der Waals surface area contributed by atoms with Gasteiger partial charge in [0.1, 0.15) is 5.01 Å². The molecule has 2 heterocycles. The Kier molecular flexibility index (Phi) is 2.57. The van der Waals surface area contributed by atoms with Crippen LogP contribution in [0.2, 0.25) is 0 Å². The van der Waals surface area contributed by atoms with Gasteiger partial charge in [0, 0.05) is 18.3 Å². The standard InChI is InChI=1S/C12H12N2O2S/c1-2-16-6-11-14-9-4-3-8-7(12(9)17-11)5-10(15)13-8/h3-5,8H,2,6H2,1H3,(H,13,15). The molecule has 1 amide bonds. The van der Waals surface area contributed by atoms with Gasteiger partial charge in [-0.2, -0.15) is 0 Å². The molecule has 4 nitrogen and oxygen atoms in total. The number of thiazole rings is 1. The normalized spacial score (nSPS) is 20.9. The first kappa shape index (κ1) is 10.7. The average Bonchev–Trinajstić information content (AvgIpc) is 2.87. The molecule has 0 saturated heterocycles. The van der Waals surface area contributed by atoms with Crippen molar-refractivity contribution >= 4 is 28.9 Å². The van der Waals surface area contributed by atoms with E-state index in [1.54, 1.807) is 17.4 Å². The number of carbonyl (C=O) groups excluding carboxylic acids is 1. The van der Waals surface area contributed by atoms with Crippen LogP contribution in [0.5, 0.6) is 0 Å². The highest BCUT2D eigenvalue weighted by Crippen LogP contribution is 2.35. The van der Waals surface area contributed by atoms with Gasteiger partial charge in [0.05, 0.1) is 23.2 Å². The molecule has 0 radical (unpaired) electrons. The topological polar surface area (TPSA) is 51.2 Å². The summed E-state index contributed by atoms with van der Waals surface area (Å²) in [5, 5.41) is 3.84. The third kappa shape index (κ3) is 1.81. The number of ether oxygens (including phenoxy) is 1. The Morgan fingerprint density at radius 2 is 2.47 bits per heavy atom. The Balaban J connectivity index is 1.95. The van der Waals surface area contributed by atoms with Crippen LogP contribution >= 0.6 is 11.3 Å². The summed E-state index contributed by atoms with van der Waals surface area (Å²) in [7, 11) is 0. The molecule has 0 spiro atoms.